The van der Waals surface area contributed by atoms with Gasteiger partial charge < -0.3 is 20.4 Å². The molecule has 148 valence electrons. The monoisotopic (exact) mass is 390 g/mol. The molecule has 1 aromatic heterocycles. The Balaban J connectivity index is 1.46. The van der Waals surface area contributed by atoms with E-state index in [0.717, 1.165) is 12.1 Å². The first-order valence-corrected chi connectivity index (χ1v) is 9.76. The molecule has 6 nitrogen and oxygen atoms in total. The molecule has 4 rings (SSSR count). The maximum Gasteiger partial charge on any atom is 0.279 e. The molecule has 0 fully saturated rings. The Kier molecular flexibility index (Phi) is 5.72. The highest BCUT2D eigenvalue weighted by atomic mass is 16.3. The van der Waals surface area contributed by atoms with Gasteiger partial charge in [-0.25, -0.2) is 0 Å². The fourth-order valence-electron chi connectivity index (χ4n) is 3.63. The van der Waals surface area contributed by atoms with Crippen molar-refractivity contribution >= 4 is 11.8 Å². The Labute approximate surface area is 169 Å². The molecule has 0 saturated heterocycles. The number of furan rings is 1. The van der Waals surface area contributed by atoms with Crippen molar-refractivity contribution in [3.63, 3.8) is 0 Å². The smallest absolute Gasteiger partial charge is 0.279 e. The number of hydrogen-bond donors (Lipinski definition) is 3. The van der Waals surface area contributed by atoms with E-state index in [0.29, 0.717) is 12.2 Å². The van der Waals surface area contributed by atoms with Crippen LogP contribution in [-0.4, -0.2) is 17.9 Å². The van der Waals surface area contributed by atoms with Gasteiger partial charge in [0.15, 0.2) is 6.04 Å². The van der Waals surface area contributed by atoms with E-state index in [2.05, 4.69) is 22.8 Å². The third-order valence-electron chi connectivity index (χ3n) is 5.22. The largest absolute Gasteiger partial charge is 0.467 e. The fourth-order valence-corrected chi connectivity index (χ4v) is 3.63. The van der Waals surface area contributed by atoms with Crippen LogP contribution in [-0.2, 0) is 29.1 Å². The van der Waals surface area contributed by atoms with Gasteiger partial charge in [0.25, 0.3) is 5.91 Å². The number of quaternary nitrogens is 1. The lowest BCUT2D eigenvalue weighted by molar-refractivity contribution is -0.695. The van der Waals surface area contributed by atoms with Crippen LogP contribution in [0.1, 0.15) is 28.5 Å². The zero-order valence-electron chi connectivity index (χ0n) is 16.0. The molecule has 2 heterocycles. The number of carbonyl (C=O) groups excluding carboxylic acids is 2. The van der Waals surface area contributed by atoms with Crippen LogP contribution < -0.4 is 16.0 Å². The molecule has 2 atom stereocenters. The molecule has 0 unspecified atom stereocenters. The summed E-state index contributed by atoms with van der Waals surface area (Å²) in [5.41, 5.74) is 3.19. The number of rotatable bonds is 6. The van der Waals surface area contributed by atoms with Crippen molar-refractivity contribution < 1.29 is 19.3 Å². The molecule has 4 N–H and O–H groups in total. The summed E-state index contributed by atoms with van der Waals surface area (Å²) < 4.78 is 5.27. The summed E-state index contributed by atoms with van der Waals surface area (Å²) >= 11 is 0. The molecule has 0 aliphatic carbocycles. The molecule has 1 aliphatic rings. The zero-order valence-corrected chi connectivity index (χ0v) is 16.0. The van der Waals surface area contributed by atoms with Crippen molar-refractivity contribution in [2.75, 3.05) is 0 Å². The lowest BCUT2D eigenvalue weighted by Crippen LogP contribution is -2.93. The molecular weight excluding hydrogens is 366 g/mol. The summed E-state index contributed by atoms with van der Waals surface area (Å²) in [7, 11) is 0. The van der Waals surface area contributed by atoms with Crippen molar-refractivity contribution in [1.82, 2.24) is 10.6 Å². The predicted molar refractivity (Wildman–Crippen MR) is 107 cm³/mol. The molecule has 29 heavy (non-hydrogen) atoms. The highest BCUT2D eigenvalue weighted by molar-refractivity contribution is 5.90. The van der Waals surface area contributed by atoms with Gasteiger partial charge in [0.05, 0.1) is 12.8 Å². The van der Waals surface area contributed by atoms with Crippen LogP contribution in [0.5, 0.6) is 0 Å². The first kappa shape index (κ1) is 19.0. The van der Waals surface area contributed by atoms with E-state index in [1.165, 1.54) is 11.1 Å². The molecule has 0 saturated carbocycles. The Bertz CT molecular complexity index is 970. The van der Waals surface area contributed by atoms with E-state index >= 15 is 0 Å². The van der Waals surface area contributed by atoms with Crippen LogP contribution >= 0.6 is 0 Å². The quantitative estimate of drug-likeness (QED) is 0.595. The van der Waals surface area contributed by atoms with Gasteiger partial charge in [-0.3, -0.25) is 9.59 Å². The lowest BCUT2D eigenvalue weighted by Gasteiger charge is -2.25. The molecule has 0 spiro atoms. The maximum absolute atomic E-state index is 13.0. The molecular formula is C23H24N3O3+. The van der Waals surface area contributed by atoms with Crippen molar-refractivity contribution in [1.29, 1.82) is 0 Å². The zero-order chi connectivity index (χ0) is 20.1. The van der Waals surface area contributed by atoms with Gasteiger partial charge in [0, 0.05) is 12.0 Å². The number of amides is 2. The number of hydrogen-bond acceptors (Lipinski definition) is 3. The SMILES string of the molecule is O=C(N[C@@H](C(=O)NCc1ccco1)c1ccccc1)[C@@H]1Cc2ccccc2C[NH2+]1. The molecule has 1 aliphatic heterocycles. The third-order valence-corrected chi connectivity index (χ3v) is 5.22. The van der Waals surface area contributed by atoms with Crippen molar-refractivity contribution in [3.05, 3.63) is 95.4 Å². The lowest BCUT2D eigenvalue weighted by atomic mass is 9.95. The Morgan fingerprint density at radius 1 is 1.00 bits per heavy atom. The van der Waals surface area contributed by atoms with Crippen LogP contribution in [0, 0.1) is 0 Å². The minimum Gasteiger partial charge on any atom is -0.467 e. The first-order chi connectivity index (χ1) is 14.2. The van der Waals surface area contributed by atoms with Crippen molar-refractivity contribution in [2.24, 2.45) is 0 Å². The Morgan fingerprint density at radius 3 is 2.52 bits per heavy atom. The second-order valence-electron chi connectivity index (χ2n) is 7.17. The van der Waals surface area contributed by atoms with Gasteiger partial charge >= 0.3 is 0 Å². The van der Waals surface area contributed by atoms with Gasteiger partial charge in [-0.1, -0.05) is 54.6 Å². The first-order valence-electron chi connectivity index (χ1n) is 9.76. The van der Waals surface area contributed by atoms with E-state index in [1.54, 1.807) is 18.4 Å². The maximum atomic E-state index is 13.0. The number of nitrogens with one attached hydrogen (secondary N) is 2. The average Bonchev–Trinajstić information content (AvgIpc) is 3.29. The summed E-state index contributed by atoms with van der Waals surface area (Å²) in [6.45, 7) is 1.03. The second kappa shape index (κ2) is 8.75. The highest BCUT2D eigenvalue weighted by Crippen LogP contribution is 2.16. The Hall–Kier alpha value is -3.38. The van der Waals surface area contributed by atoms with E-state index in [4.69, 9.17) is 4.42 Å². The summed E-state index contributed by atoms with van der Waals surface area (Å²) in [6, 6.07) is 20.0. The summed E-state index contributed by atoms with van der Waals surface area (Å²) in [4.78, 5) is 25.9. The third kappa shape index (κ3) is 4.55. The molecule has 0 bridgehead atoms. The normalized spacial score (nSPS) is 16.5. The second-order valence-corrected chi connectivity index (χ2v) is 7.17. The number of fused-ring (bicyclic) bond motifs is 1. The van der Waals surface area contributed by atoms with Gasteiger partial charge in [-0.2, -0.15) is 0 Å². The summed E-state index contributed by atoms with van der Waals surface area (Å²) in [5, 5.41) is 7.83. The minimum atomic E-state index is -0.760. The van der Waals surface area contributed by atoms with E-state index in [-0.39, 0.29) is 24.4 Å². The van der Waals surface area contributed by atoms with Crippen LogP contribution in [0.15, 0.2) is 77.4 Å². The van der Waals surface area contributed by atoms with Gasteiger partial charge in [-0.05, 0) is 23.3 Å². The van der Waals surface area contributed by atoms with Crippen molar-refractivity contribution in [2.45, 2.75) is 31.6 Å². The van der Waals surface area contributed by atoms with E-state index in [1.807, 2.05) is 47.8 Å². The fraction of sp³-hybridized carbons (Fsp3) is 0.217. The Morgan fingerprint density at radius 2 is 1.76 bits per heavy atom. The average molecular weight is 390 g/mol. The summed E-state index contributed by atoms with van der Waals surface area (Å²) in [6.07, 6.45) is 2.21. The molecule has 2 amide bonds. The van der Waals surface area contributed by atoms with Gasteiger partial charge in [-0.15, -0.1) is 0 Å². The standard InChI is InChI=1S/C23H23N3O3/c27-22(20-13-17-9-4-5-10-18(17)14-24-20)26-21(16-7-2-1-3-8-16)23(28)25-15-19-11-6-12-29-19/h1-12,20-21,24H,13-15H2,(H,25,28)(H,26,27)/p+1/t20-,21+/m0/s1. The van der Waals surface area contributed by atoms with Crippen LogP contribution in [0.4, 0.5) is 0 Å². The molecule has 0 radical (unpaired) electrons. The molecule has 2 aromatic carbocycles. The summed E-state index contributed by atoms with van der Waals surface area (Å²) in [5.74, 6) is 0.257. The van der Waals surface area contributed by atoms with Crippen LogP contribution in [0.3, 0.4) is 0 Å². The van der Waals surface area contributed by atoms with E-state index < -0.39 is 6.04 Å². The highest BCUT2D eigenvalue weighted by Gasteiger charge is 2.31. The van der Waals surface area contributed by atoms with Crippen LogP contribution in [0.25, 0.3) is 0 Å². The molecule has 3 aromatic rings. The minimum absolute atomic E-state index is 0.137. The van der Waals surface area contributed by atoms with Gasteiger partial charge in [0.2, 0.25) is 5.91 Å². The topological polar surface area (TPSA) is 88.0 Å². The number of nitrogens with two attached hydrogens (primary N) is 1. The van der Waals surface area contributed by atoms with Gasteiger partial charge in [0.1, 0.15) is 18.3 Å². The molecule has 6 heteroatoms. The van der Waals surface area contributed by atoms with Crippen molar-refractivity contribution in [3.8, 4) is 0 Å². The number of carbonyl (C=O) groups is 2. The van der Waals surface area contributed by atoms with E-state index in [9.17, 15) is 9.59 Å². The van der Waals surface area contributed by atoms with Crippen LogP contribution in [0.2, 0.25) is 0 Å². The predicted octanol–water partition coefficient (Wildman–Crippen LogP) is 1.44. The number of benzene rings is 2.